The molecule has 1 atom stereocenters. The predicted octanol–water partition coefficient (Wildman–Crippen LogP) is 6.21. The normalized spacial score (nSPS) is 12.0. The molecule has 0 aromatic heterocycles. The van der Waals surface area contributed by atoms with Crippen LogP contribution in [-0.2, 0) is 32.6 Å². The second-order valence-electron chi connectivity index (χ2n) is 9.91. The fourth-order valence-corrected chi connectivity index (χ4v) is 5.81. The van der Waals surface area contributed by atoms with E-state index in [0.717, 1.165) is 34.7 Å². The van der Waals surface area contributed by atoms with Gasteiger partial charge in [0.15, 0.2) is 0 Å². The number of anilines is 1. The van der Waals surface area contributed by atoms with E-state index in [1.165, 1.54) is 4.31 Å². The number of halogens is 2. The van der Waals surface area contributed by atoms with E-state index < -0.39 is 16.1 Å². The molecule has 0 radical (unpaired) electrons. The Morgan fingerprint density at radius 2 is 1.59 bits per heavy atom. The first-order valence-electron chi connectivity index (χ1n) is 13.7. The summed E-state index contributed by atoms with van der Waals surface area (Å²) in [6, 6.07) is 23.1. The molecule has 0 bridgehead atoms. The molecule has 3 rings (SSSR count). The Balaban J connectivity index is 1.86. The zero-order valence-electron chi connectivity index (χ0n) is 23.4. The van der Waals surface area contributed by atoms with Crippen LogP contribution in [0.15, 0.2) is 83.3 Å². The number of sulfonamides is 1. The summed E-state index contributed by atoms with van der Waals surface area (Å²) in [6.07, 6.45) is 3.64. The first-order chi connectivity index (χ1) is 19.6. The third-order valence-electron chi connectivity index (χ3n) is 6.63. The zero-order valence-corrected chi connectivity index (χ0v) is 26.6. The molecular formula is C31H37BrClN3O4S. The Bertz CT molecular complexity index is 1370. The van der Waals surface area contributed by atoms with Crippen LogP contribution in [0.2, 0.25) is 5.02 Å². The van der Waals surface area contributed by atoms with Crippen molar-refractivity contribution < 1.29 is 18.0 Å². The summed E-state index contributed by atoms with van der Waals surface area (Å²) >= 11 is 9.44. The van der Waals surface area contributed by atoms with Gasteiger partial charge in [0.1, 0.15) is 6.04 Å². The number of benzene rings is 3. The first-order valence-corrected chi connectivity index (χ1v) is 16.7. The molecule has 1 N–H and O–H groups in total. The zero-order chi connectivity index (χ0) is 29.8. The molecule has 0 aliphatic carbocycles. The molecule has 0 heterocycles. The van der Waals surface area contributed by atoms with E-state index in [1.54, 1.807) is 29.2 Å². The Morgan fingerprint density at radius 1 is 0.927 bits per heavy atom. The van der Waals surface area contributed by atoms with E-state index in [-0.39, 0.29) is 37.7 Å². The molecular weight excluding hydrogens is 626 g/mol. The molecule has 7 nitrogen and oxygen atoms in total. The third-order valence-corrected chi connectivity index (χ3v) is 8.61. The highest BCUT2D eigenvalue weighted by molar-refractivity contribution is 9.10. The van der Waals surface area contributed by atoms with E-state index in [1.807, 2.05) is 54.6 Å². The fourth-order valence-electron chi connectivity index (χ4n) is 4.46. The molecule has 3 aromatic carbocycles. The van der Waals surface area contributed by atoms with Crippen molar-refractivity contribution in [3.05, 3.63) is 99.5 Å². The Hall–Kier alpha value is -2.88. The van der Waals surface area contributed by atoms with Crippen molar-refractivity contribution in [3.8, 4) is 0 Å². The smallest absolute Gasteiger partial charge is 0.243 e. The first kappa shape index (κ1) is 32.6. The van der Waals surface area contributed by atoms with Crippen molar-refractivity contribution in [2.45, 2.75) is 51.6 Å². The minimum Gasteiger partial charge on any atom is -0.354 e. The second-order valence-corrected chi connectivity index (χ2v) is 13.2. The number of nitrogens with one attached hydrogen (secondary N) is 1. The predicted molar refractivity (Wildman–Crippen MR) is 169 cm³/mol. The summed E-state index contributed by atoms with van der Waals surface area (Å²) in [5.41, 5.74) is 2.32. The van der Waals surface area contributed by atoms with E-state index in [9.17, 15) is 18.0 Å². The van der Waals surface area contributed by atoms with Gasteiger partial charge in [-0.25, -0.2) is 8.42 Å². The number of carbonyl (C=O) groups excluding carboxylic acids is 2. The molecule has 2 amide bonds. The molecule has 0 aliphatic heterocycles. The molecule has 41 heavy (non-hydrogen) atoms. The van der Waals surface area contributed by atoms with Crippen LogP contribution in [0.1, 0.15) is 43.7 Å². The summed E-state index contributed by atoms with van der Waals surface area (Å²) in [7, 11) is -3.59. The molecule has 10 heteroatoms. The lowest BCUT2D eigenvalue weighted by molar-refractivity contribution is -0.141. The topological polar surface area (TPSA) is 86.8 Å². The van der Waals surface area contributed by atoms with Crippen molar-refractivity contribution in [1.82, 2.24) is 10.2 Å². The molecule has 0 unspecified atom stereocenters. The average molecular weight is 663 g/mol. The number of nitrogens with zero attached hydrogens (tertiary/aromatic N) is 2. The number of carbonyl (C=O) groups is 2. The molecule has 3 aromatic rings. The summed E-state index contributed by atoms with van der Waals surface area (Å²) in [5, 5.41) is 3.52. The van der Waals surface area contributed by atoms with Gasteiger partial charge in [-0.2, -0.15) is 0 Å². The van der Waals surface area contributed by atoms with Crippen molar-refractivity contribution in [2.24, 2.45) is 0 Å². The van der Waals surface area contributed by atoms with Gasteiger partial charge in [0.25, 0.3) is 0 Å². The van der Waals surface area contributed by atoms with Crippen LogP contribution >= 0.6 is 27.5 Å². The maximum Gasteiger partial charge on any atom is 0.243 e. The maximum atomic E-state index is 13.8. The van der Waals surface area contributed by atoms with Gasteiger partial charge in [0, 0.05) is 42.0 Å². The Labute approximate surface area is 257 Å². The number of hydrogen-bond acceptors (Lipinski definition) is 4. The minimum absolute atomic E-state index is 0.0731. The lowest BCUT2D eigenvalue weighted by Crippen LogP contribution is -2.50. The Morgan fingerprint density at radius 3 is 2.20 bits per heavy atom. The van der Waals surface area contributed by atoms with Crippen molar-refractivity contribution in [1.29, 1.82) is 0 Å². The van der Waals surface area contributed by atoms with Gasteiger partial charge in [-0.3, -0.25) is 13.9 Å². The maximum absolute atomic E-state index is 13.8. The van der Waals surface area contributed by atoms with Crippen LogP contribution in [0, 0.1) is 0 Å². The minimum atomic E-state index is -3.59. The Kier molecular flexibility index (Phi) is 12.7. The third kappa shape index (κ3) is 10.5. The molecule has 220 valence electrons. The number of amides is 2. The average Bonchev–Trinajstić information content (AvgIpc) is 2.94. The SMILES string of the molecule is CCCCNC(=O)[C@H](Cc1ccccc1)N(Cc1ccc(Br)cc1)C(=O)CCCN(c1ccc(Cl)cc1)S(C)(=O)=O. The summed E-state index contributed by atoms with van der Waals surface area (Å²) < 4.78 is 27.3. The molecule has 0 saturated carbocycles. The summed E-state index contributed by atoms with van der Waals surface area (Å²) in [4.78, 5) is 29.0. The van der Waals surface area contributed by atoms with Crippen molar-refractivity contribution >= 4 is 55.1 Å². The highest BCUT2D eigenvalue weighted by Crippen LogP contribution is 2.22. The van der Waals surface area contributed by atoms with E-state index in [0.29, 0.717) is 23.7 Å². The molecule has 0 saturated heterocycles. The van der Waals surface area contributed by atoms with Crippen LogP contribution in [0.4, 0.5) is 5.69 Å². The number of rotatable bonds is 15. The lowest BCUT2D eigenvalue weighted by Gasteiger charge is -2.32. The van der Waals surface area contributed by atoms with Gasteiger partial charge in [-0.15, -0.1) is 0 Å². The summed E-state index contributed by atoms with van der Waals surface area (Å²) in [6.45, 7) is 2.95. The van der Waals surface area contributed by atoms with Crippen LogP contribution in [0.3, 0.4) is 0 Å². The van der Waals surface area contributed by atoms with Crippen molar-refractivity contribution in [2.75, 3.05) is 23.7 Å². The number of unbranched alkanes of at least 4 members (excludes halogenated alkanes) is 1. The van der Waals surface area contributed by atoms with Gasteiger partial charge in [0.2, 0.25) is 21.8 Å². The van der Waals surface area contributed by atoms with Crippen LogP contribution in [-0.4, -0.2) is 50.5 Å². The molecule has 0 aliphatic rings. The van der Waals surface area contributed by atoms with E-state index in [2.05, 4.69) is 28.2 Å². The van der Waals surface area contributed by atoms with Crippen molar-refractivity contribution in [3.63, 3.8) is 0 Å². The van der Waals surface area contributed by atoms with Gasteiger partial charge < -0.3 is 10.2 Å². The van der Waals surface area contributed by atoms with Crippen LogP contribution in [0.5, 0.6) is 0 Å². The van der Waals surface area contributed by atoms with Gasteiger partial charge in [0.05, 0.1) is 11.9 Å². The largest absolute Gasteiger partial charge is 0.354 e. The lowest BCUT2D eigenvalue weighted by atomic mass is 10.0. The monoisotopic (exact) mass is 661 g/mol. The van der Waals surface area contributed by atoms with E-state index in [4.69, 9.17) is 11.6 Å². The van der Waals surface area contributed by atoms with E-state index >= 15 is 0 Å². The summed E-state index contributed by atoms with van der Waals surface area (Å²) in [5.74, 6) is -0.421. The van der Waals surface area contributed by atoms with Crippen LogP contribution < -0.4 is 9.62 Å². The van der Waals surface area contributed by atoms with Crippen LogP contribution in [0.25, 0.3) is 0 Å². The quantitative estimate of drug-likeness (QED) is 0.196. The van der Waals surface area contributed by atoms with Gasteiger partial charge >= 0.3 is 0 Å². The highest BCUT2D eigenvalue weighted by Gasteiger charge is 2.30. The standard InChI is InChI=1S/C31H37BrClN3O4S/c1-3-4-20-34-31(38)29(22-24-9-6-5-7-10-24)35(23-25-12-14-26(32)15-13-25)30(37)11-8-21-36(41(2,39)40)28-18-16-27(33)17-19-28/h5-7,9-10,12-19,29H,3-4,8,11,20-23H2,1-2H3,(H,34,38)/t29-/m0/s1. The van der Waals surface area contributed by atoms with Gasteiger partial charge in [-0.05, 0) is 60.4 Å². The number of hydrogen-bond donors (Lipinski definition) is 1. The highest BCUT2D eigenvalue weighted by atomic mass is 79.9. The fraction of sp³-hybridized carbons (Fsp3) is 0.355. The second kappa shape index (κ2) is 15.9. The van der Waals surface area contributed by atoms with Gasteiger partial charge in [-0.1, -0.05) is 83.3 Å². The molecule has 0 spiro atoms. The molecule has 0 fully saturated rings.